The zero-order chi connectivity index (χ0) is 17.2. The molecule has 4 rings (SSSR count). The lowest BCUT2D eigenvalue weighted by atomic mass is 10.1. The molecule has 1 aromatic carbocycles. The Labute approximate surface area is 143 Å². The Kier molecular flexibility index (Phi) is 3.97. The van der Waals surface area contributed by atoms with Gasteiger partial charge in [0.25, 0.3) is 0 Å². The summed E-state index contributed by atoms with van der Waals surface area (Å²) >= 11 is 0. The molecular weight excluding hydrogens is 323 g/mol. The monoisotopic (exact) mass is 338 g/mol. The molecular formula is C18H15FN4O2. The number of halogens is 1. The van der Waals surface area contributed by atoms with Gasteiger partial charge in [-0.25, -0.2) is 4.39 Å². The van der Waals surface area contributed by atoms with Crippen molar-refractivity contribution in [3.8, 4) is 11.4 Å². The predicted octanol–water partition coefficient (Wildman–Crippen LogP) is 2.79. The number of pyridine rings is 1. The van der Waals surface area contributed by atoms with Crippen molar-refractivity contribution in [2.24, 2.45) is 0 Å². The van der Waals surface area contributed by atoms with Gasteiger partial charge < -0.3 is 9.42 Å². The van der Waals surface area contributed by atoms with E-state index >= 15 is 0 Å². The molecule has 3 heterocycles. The number of hydrogen-bond donors (Lipinski definition) is 0. The average Bonchev–Trinajstić information content (AvgIpc) is 3.25. The van der Waals surface area contributed by atoms with E-state index < -0.39 is 0 Å². The summed E-state index contributed by atoms with van der Waals surface area (Å²) in [6.45, 7) is 0.679. The molecule has 1 unspecified atom stereocenters. The molecule has 0 N–H and O–H groups in total. The summed E-state index contributed by atoms with van der Waals surface area (Å²) in [6, 6.07) is 10.1. The van der Waals surface area contributed by atoms with E-state index in [1.165, 1.54) is 6.07 Å². The Bertz CT molecular complexity index is 897. The smallest absolute Gasteiger partial charge is 0.232 e. The van der Waals surface area contributed by atoms with Crippen LogP contribution in [0.4, 0.5) is 4.39 Å². The van der Waals surface area contributed by atoms with Gasteiger partial charge in [0.05, 0.1) is 5.92 Å². The Balaban J connectivity index is 1.49. The molecule has 0 saturated carbocycles. The summed E-state index contributed by atoms with van der Waals surface area (Å²) in [4.78, 5) is 22.2. The minimum atomic E-state index is -0.309. The Morgan fingerprint density at radius 1 is 1.20 bits per heavy atom. The molecule has 7 heteroatoms. The Morgan fingerprint density at radius 3 is 2.80 bits per heavy atom. The average molecular weight is 338 g/mol. The maximum Gasteiger partial charge on any atom is 0.232 e. The van der Waals surface area contributed by atoms with Crippen molar-refractivity contribution < 1.29 is 13.7 Å². The number of carbonyl (C=O) groups is 1. The highest BCUT2D eigenvalue weighted by atomic mass is 19.1. The fourth-order valence-electron chi connectivity index (χ4n) is 2.94. The van der Waals surface area contributed by atoms with Gasteiger partial charge in [-0.2, -0.15) is 4.98 Å². The van der Waals surface area contributed by atoms with Crippen molar-refractivity contribution >= 4 is 5.91 Å². The lowest BCUT2D eigenvalue weighted by Crippen LogP contribution is -2.24. The van der Waals surface area contributed by atoms with E-state index in [-0.39, 0.29) is 30.6 Å². The molecule has 0 spiro atoms. The van der Waals surface area contributed by atoms with Gasteiger partial charge in [-0.15, -0.1) is 0 Å². The van der Waals surface area contributed by atoms with Crippen LogP contribution in [0.2, 0.25) is 0 Å². The largest absolute Gasteiger partial charge is 0.339 e. The summed E-state index contributed by atoms with van der Waals surface area (Å²) in [5.74, 6) is 0.365. The SMILES string of the molecule is O=C1CC(c2nc(-c3ccncc3)no2)CN1Cc1ccccc1F. The molecule has 25 heavy (non-hydrogen) atoms. The number of likely N-dealkylation sites (tertiary alicyclic amines) is 1. The molecule has 1 atom stereocenters. The van der Waals surface area contributed by atoms with E-state index in [1.54, 1.807) is 47.6 Å². The summed E-state index contributed by atoms with van der Waals surface area (Å²) in [6.07, 6.45) is 3.59. The molecule has 1 aliphatic rings. The molecule has 1 fully saturated rings. The molecule has 3 aromatic rings. The normalized spacial score (nSPS) is 17.2. The van der Waals surface area contributed by atoms with E-state index in [1.807, 2.05) is 0 Å². The second-order valence-corrected chi connectivity index (χ2v) is 5.96. The van der Waals surface area contributed by atoms with Crippen LogP contribution < -0.4 is 0 Å². The van der Waals surface area contributed by atoms with Crippen LogP contribution in [0.25, 0.3) is 11.4 Å². The van der Waals surface area contributed by atoms with Crippen molar-refractivity contribution in [1.82, 2.24) is 20.0 Å². The van der Waals surface area contributed by atoms with Gasteiger partial charge >= 0.3 is 0 Å². The standard InChI is InChI=1S/C18H15FN4O2/c19-15-4-2-1-3-13(15)10-23-11-14(9-16(23)24)18-21-17(22-25-18)12-5-7-20-8-6-12/h1-8,14H,9-11H2. The molecule has 0 aliphatic carbocycles. The van der Waals surface area contributed by atoms with Crippen LogP contribution in [0.1, 0.15) is 23.8 Å². The van der Waals surface area contributed by atoms with Gasteiger partial charge in [-0.3, -0.25) is 9.78 Å². The van der Waals surface area contributed by atoms with Crippen LogP contribution in [0.3, 0.4) is 0 Å². The van der Waals surface area contributed by atoms with Gasteiger partial charge in [0, 0.05) is 43.0 Å². The number of rotatable bonds is 4. The predicted molar refractivity (Wildman–Crippen MR) is 86.7 cm³/mol. The third-order valence-corrected chi connectivity index (χ3v) is 4.26. The van der Waals surface area contributed by atoms with E-state index in [2.05, 4.69) is 15.1 Å². The van der Waals surface area contributed by atoms with Crippen LogP contribution >= 0.6 is 0 Å². The van der Waals surface area contributed by atoms with Gasteiger partial charge in [0.1, 0.15) is 5.82 Å². The minimum absolute atomic E-state index is 0.0445. The molecule has 1 amide bonds. The number of carbonyl (C=O) groups excluding carboxylic acids is 1. The second kappa shape index (κ2) is 6.43. The van der Waals surface area contributed by atoms with Crippen molar-refractivity contribution in [3.05, 3.63) is 66.1 Å². The number of benzene rings is 1. The first-order valence-electron chi connectivity index (χ1n) is 7.96. The highest BCUT2D eigenvalue weighted by Gasteiger charge is 2.34. The van der Waals surface area contributed by atoms with Gasteiger partial charge in [0.15, 0.2) is 0 Å². The minimum Gasteiger partial charge on any atom is -0.339 e. The second-order valence-electron chi connectivity index (χ2n) is 5.96. The molecule has 1 saturated heterocycles. The van der Waals surface area contributed by atoms with Crippen LogP contribution in [0, 0.1) is 5.82 Å². The van der Waals surface area contributed by atoms with Crippen LogP contribution in [-0.2, 0) is 11.3 Å². The molecule has 0 bridgehead atoms. The summed E-state index contributed by atoms with van der Waals surface area (Å²) < 4.78 is 19.1. The zero-order valence-electron chi connectivity index (χ0n) is 13.3. The number of amides is 1. The maximum atomic E-state index is 13.8. The van der Waals surface area contributed by atoms with E-state index in [0.717, 1.165) is 5.56 Å². The van der Waals surface area contributed by atoms with Gasteiger partial charge in [0.2, 0.25) is 17.6 Å². The zero-order valence-corrected chi connectivity index (χ0v) is 13.3. The third kappa shape index (κ3) is 3.13. The summed E-state index contributed by atoms with van der Waals surface area (Å²) in [5.41, 5.74) is 1.30. The molecule has 0 radical (unpaired) electrons. The van der Waals surface area contributed by atoms with Crippen molar-refractivity contribution in [2.75, 3.05) is 6.54 Å². The molecule has 6 nitrogen and oxygen atoms in total. The number of aromatic nitrogens is 3. The van der Waals surface area contributed by atoms with E-state index in [9.17, 15) is 9.18 Å². The van der Waals surface area contributed by atoms with Crippen LogP contribution in [0.15, 0.2) is 53.3 Å². The van der Waals surface area contributed by atoms with Crippen molar-refractivity contribution in [2.45, 2.75) is 18.9 Å². The first-order chi connectivity index (χ1) is 12.2. The molecule has 1 aliphatic heterocycles. The fraction of sp³-hybridized carbons (Fsp3) is 0.222. The quantitative estimate of drug-likeness (QED) is 0.731. The Hall–Kier alpha value is -3.09. The van der Waals surface area contributed by atoms with Crippen molar-refractivity contribution in [1.29, 1.82) is 0 Å². The summed E-state index contributed by atoms with van der Waals surface area (Å²) in [7, 11) is 0. The number of nitrogens with zero attached hydrogens (tertiary/aromatic N) is 4. The number of hydrogen-bond acceptors (Lipinski definition) is 5. The van der Waals surface area contributed by atoms with Crippen LogP contribution in [-0.4, -0.2) is 32.5 Å². The first-order valence-corrected chi connectivity index (χ1v) is 7.96. The fourth-order valence-corrected chi connectivity index (χ4v) is 2.94. The van der Waals surface area contributed by atoms with Gasteiger partial charge in [-0.05, 0) is 18.2 Å². The molecule has 126 valence electrons. The van der Waals surface area contributed by atoms with E-state index in [0.29, 0.717) is 23.8 Å². The topological polar surface area (TPSA) is 72.1 Å². The van der Waals surface area contributed by atoms with Gasteiger partial charge in [-0.1, -0.05) is 23.4 Å². The summed E-state index contributed by atoms with van der Waals surface area (Å²) in [5, 5.41) is 3.98. The van der Waals surface area contributed by atoms with Crippen LogP contribution in [0.5, 0.6) is 0 Å². The third-order valence-electron chi connectivity index (χ3n) is 4.26. The van der Waals surface area contributed by atoms with Crippen molar-refractivity contribution in [3.63, 3.8) is 0 Å². The maximum absolute atomic E-state index is 13.8. The molecule has 2 aromatic heterocycles. The highest BCUT2D eigenvalue weighted by molar-refractivity contribution is 5.79. The van der Waals surface area contributed by atoms with E-state index in [4.69, 9.17) is 4.52 Å². The highest BCUT2D eigenvalue weighted by Crippen LogP contribution is 2.29. The lowest BCUT2D eigenvalue weighted by Gasteiger charge is -2.16. The first kappa shape index (κ1) is 15.4. The Morgan fingerprint density at radius 2 is 2.00 bits per heavy atom. The lowest BCUT2D eigenvalue weighted by molar-refractivity contribution is -0.128.